The van der Waals surface area contributed by atoms with E-state index in [-0.39, 0.29) is 25.4 Å². The molecule has 0 radical (unpaired) electrons. The van der Waals surface area contributed by atoms with E-state index in [4.69, 9.17) is 23.2 Å². The Morgan fingerprint density at radius 1 is 1.39 bits per heavy atom. The summed E-state index contributed by atoms with van der Waals surface area (Å²) in [5, 5.41) is 3.86. The lowest BCUT2D eigenvalue weighted by molar-refractivity contribution is -0.121. The van der Waals surface area contributed by atoms with Crippen molar-refractivity contribution in [3.63, 3.8) is 0 Å². The van der Waals surface area contributed by atoms with Crippen molar-refractivity contribution in [2.24, 2.45) is 0 Å². The summed E-state index contributed by atoms with van der Waals surface area (Å²) in [7, 11) is -3.34. The number of nitrogens with one attached hydrogen (secondary N) is 1. The first-order valence-electron chi connectivity index (χ1n) is 7.00. The van der Waals surface area contributed by atoms with Gasteiger partial charge in [0.1, 0.15) is 0 Å². The number of benzene rings is 1. The Morgan fingerprint density at radius 2 is 2.09 bits per heavy atom. The Hall–Kier alpha value is -1.08. The number of hydrogen-bond acceptors (Lipinski definition) is 3. The summed E-state index contributed by atoms with van der Waals surface area (Å²) < 4.78 is 24.2. The van der Waals surface area contributed by atoms with Gasteiger partial charge in [-0.3, -0.25) is 4.79 Å². The smallest absolute Gasteiger partial charge is 0.221 e. The zero-order valence-electron chi connectivity index (χ0n) is 12.9. The molecular formula is C15H20Cl2N2O3S. The molecule has 0 unspecified atom stereocenters. The van der Waals surface area contributed by atoms with Gasteiger partial charge in [0.2, 0.25) is 15.9 Å². The van der Waals surface area contributed by atoms with Gasteiger partial charge in [-0.05, 0) is 24.1 Å². The fourth-order valence-electron chi connectivity index (χ4n) is 1.91. The van der Waals surface area contributed by atoms with E-state index in [2.05, 4.69) is 11.9 Å². The summed E-state index contributed by atoms with van der Waals surface area (Å²) in [5.74, 6) is -0.215. The summed E-state index contributed by atoms with van der Waals surface area (Å²) in [4.78, 5) is 11.8. The highest BCUT2D eigenvalue weighted by Gasteiger charge is 2.16. The molecule has 1 rings (SSSR count). The molecule has 1 aromatic carbocycles. The van der Waals surface area contributed by atoms with E-state index < -0.39 is 10.0 Å². The van der Waals surface area contributed by atoms with Crippen molar-refractivity contribution in [1.29, 1.82) is 0 Å². The molecule has 0 fully saturated rings. The highest BCUT2D eigenvalue weighted by Crippen LogP contribution is 2.21. The Morgan fingerprint density at radius 3 is 2.65 bits per heavy atom. The maximum atomic E-state index is 11.8. The van der Waals surface area contributed by atoms with Crippen molar-refractivity contribution in [2.75, 3.05) is 25.9 Å². The minimum absolute atomic E-state index is 0.0925. The van der Waals surface area contributed by atoms with Gasteiger partial charge in [0, 0.05) is 36.1 Å². The van der Waals surface area contributed by atoms with Crippen LogP contribution >= 0.6 is 23.2 Å². The van der Waals surface area contributed by atoms with Crippen molar-refractivity contribution >= 4 is 39.1 Å². The van der Waals surface area contributed by atoms with E-state index in [0.29, 0.717) is 23.0 Å². The number of carbonyl (C=O) groups excluding carboxylic acids is 1. The van der Waals surface area contributed by atoms with Crippen molar-refractivity contribution in [3.8, 4) is 0 Å². The van der Waals surface area contributed by atoms with Crippen LogP contribution in [0.15, 0.2) is 30.9 Å². The Labute approximate surface area is 147 Å². The molecule has 128 valence electrons. The molecule has 0 heterocycles. The van der Waals surface area contributed by atoms with E-state index in [1.165, 1.54) is 10.4 Å². The molecule has 0 aliphatic heterocycles. The van der Waals surface area contributed by atoms with Crippen LogP contribution in [0.25, 0.3) is 0 Å². The fraction of sp³-hybridized carbons (Fsp3) is 0.400. The number of sulfonamides is 1. The molecule has 0 aromatic heterocycles. The van der Waals surface area contributed by atoms with Crippen LogP contribution in [0.2, 0.25) is 10.0 Å². The summed E-state index contributed by atoms with van der Waals surface area (Å²) in [6.45, 7) is 4.24. The van der Waals surface area contributed by atoms with E-state index in [0.717, 1.165) is 11.8 Å². The number of amides is 1. The van der Waals surface area contributed by atoms with Gasteiger partial charge in [-0.2, -0.15) is 4.31 Å². The van der Waals surface area contributed by atoms with Gasteiger partial charge in [0.15, 0.2) is 0 Å². The van der Waals surface area contributed by atoms with Crippen LogP contribution in [0.4, 0.5) is 0 Å². The van der Waals surface area contributed by atoms with Gasteiger partial charge in [0.05, 0.1) is 6.26 Å². The molecule has 0 aliphatic carbocycles. The van der Waals surface area contributed by atoms with Crippen molar-refractivity contribution in [3.05, 3.63) is 46.5 Å². The zero-order valence-corrected chi connectivity index (χ0v) is 15.2. The Balaban J connectivity index is 2.41. The van der Waals surface area contributed by atoms with Crippen molar-refractivity contribution in [2.45, 2.75) is 12.8 Å². The summed E-state index contributed by atoms with van der Waals surface area (Å²) in [6.07, 6.45) is 3.26. The van der Waals surface area contributed by atoms with Gasteiger partial charge >= 0.3 is 0 Å². The molecule has 0 aliphatic rings. The highest BCUT2D eigenvalue weighted by molar-refractivity contribution is 7.88. The summed E-state index contributed by atoms with van der Waals surface area (Å²) in [5.41, 5.74) is 0.890. The third-order valence-electron chi connectivity index (χ3n) is 3.12. The lowest BCUT2D eigenvalue weighted by atomic mass is 10.1. The Kier molecular flexibility index (Phi) is 8.05. The topological polar surface area (TPSA) is 66.5 Å². The molecule has 5 nitrogen and oxygen atoms in total. The first-order valence-corrected chi connectivity index (χ1v) is 9.61. The molecule has 0 spiro atoms. The number of nitrogens with zero attached hydrogens (tertiary/aromatic N) is 1. The standard InChI is InChI=1S/C15H20Cl2N2O3S/c1-3-9-19(23(2,21)22)10-7-15(20)18-8-6-12-4-5-13(16)11-14(12)17/h3-5,11H,1,6-10H2,2H3,(H,18,20). The average Bonchev–Trinajstić information content (AvgIpc) is 2.44. The molecule has 1 aromatic rings. The molecular weight excluding hydrogens is 359 g/mol. The van der Waals surface area contributed by atoms with Gasteiger partial charge in [0.25, 0.3) is 0 Å². The van der Waals surface area contributed by atoms with Gasteiger partial charge in [-0.15, -0.1) is 6.58 Å². The number of hydrogen-bond donors (Lipinski definition) is 1. The van der Waals surface area contributed by atoms with Crippen molar-refractivity contribution in [1.82, 2.24) is 9.62 Å². The molecule has 1 N–H and O–H groups in total. The molecule has 0 saturated carbocycles. The molecule has 8 heteroatoms. The number of carbonyl (C=O) groups is 1. The maximum Gasteiger partial charge on any atom is 0.221 e. The summed E-state index contributed by atoms with van der Waals surface area (Å²) in [6, 6.07) is 5.20. The second-order valence-corrected chi connectivity index (χ2v) is 7.82. The predicted molar refractivity (Wildman–Crippen MR) is 94.4 cm³/mol. The third-order valence-corrected chi connectivity index (χ3v) is 4.98. The molecule has 0 atom stereocenters. The minimum Gasteiger partial charge on any atom is -0.356 e. The first kappa shape index (κ1) is 20.0. The molecule has 23 heavy (non-hydrogen) atoms. The lowest BCUT2D eigenvalue weighted by Crippen LogP contribution is -2.35. The summed E-state index contributed by atoms with van der Waals surface area (Å²) >= 11 is 11.9. The van der Waals surface area contributed by atoms with Crippen LogP contribution in [0.5, 0.6) is 0 Å². The zero-order chi connectivity index (χ0) is 17.5. The fourth-order valence-corrected chi connectivity index (χ4v) is 3.21. The predicted octanol–water partition coefficient (Wildman–Crippen LogP) is 2.49. The number of halogens is 2. The Bertz CT molecular complexity index is 663. The second kappa shape index (κ2) is 9.27. The minimum atomic E-state index is -3.34. The largest absolute Gasteiger partial charge is 0.356 e. The van der Waals surface area contributed by atoms with Crippen LogP contribution in [0.1, 0.15) is 12.0 Å². The second-order valence-electron chi connectivity index (χ2n) is 5.00. The van der Waals surface area contributed by atoms with Gasteiger partial charge < -0.3 is 5.32 Å². The highest BCUT2D eigenvalue weighted by atomic mass is 35.5. The monoisotopic (exact) mass is 378 g/mol. The van der Waals surface area contributed by atoms with Crippen LogP contribution in [0, 0.1) is 0 Å². The van der Waals surface area contributed by atoms with Crippen LogP contribution in [0.3, 0.4) is 0 Å². The maximum absolute atomic E-state index is 11.8. The van der Waals surface area contributed by atoms with Gasteiger partial charge in [-0.25, -0.2) is 8.42 Å². The van der Waals surface area contributed by atoms with E-state index in [1.807, 2.05) is 6.07 Å². The lowest BCUT2D eigenvalue weighted by Gasteiger charge is -2.17. The van der Waals surface area contributed by atoms with Crippen molar-refractivity contribution < 1.29 is 13.2 Å². The first-order chi connectivity index (χ1) is 10.7. The molecule has 1 amide bonds. The van der Waals surface area contributed by atoms with Crippen LogP contribution in [-0.4, -0.2) is 44.5 Å². The van der Waals surface area contributed by atoms with Crippen LogP contribution in [-0.2, 0) is 21.2 Å². The molecule has 0 saturated heterocycles. The SMILES string of the molecule is C=CCN(CCC(=O)NCCc1ccc(Cl)cc1Cl)S(C)(=O)=O. The van der Waals surface area contributed by atoms with E-state index >= 15 is 0 Å². The van der Waals surface area contributed by atoms with Gasteiger partial charge in [-0.1, -0.05) is 35.3 Å². The van der Waals surface area contributed by atoms with E-state index in [1.54, 1.807) is 12.1 Å². The third kappa shape index (κ3) is 7.35. The normalized spacial score (nSPS) is 11.5. The van der Waals surface area contributed by atoms with Crippen LogP contribution < -0.4 is 5.32 Å². The average molecular weight is 379 g/mol. The van der Waals surface area contributed by atoms with E-state index in [9.17, 15) is 13.2 Å². The quantitative estimate of drug-likeness (QED) is 0.671. The molecule has 0 bridgehead atoms. The number of rotatable bonds is 9.